The number of ether oxygens (including phenoxy) is 1. The second kappa shape index (κ2) is 9.03. The summed E-state index contributed by atoms with van der Waals surface area (Å²) in [6.45, 7) is 4.84. The SMILES string of the molecule is Cc1cccc(-c2csc3c(=O)[nH]c(N4CCC(C(=O)NCC5CCCO5)CC4)nc23)c1. The van der Waals surface area contributed by atoms with Gasteiger partial charge < -0.3 is 15.0 Å². The zero-order chi connectivity index (χ0) is 22.1. The third-order valence-corrected chi connectivity index (χ3v) is 7.40. The molecule has 2 aliphatic heterocycles. The average Bonchev–Trinajstić information content (AvgIpc) is 3.48. The van der Waals surface area contributed by atoms with Crippen molar-refractivity contribution in [2.75, 3.05) is 31.1 Å². The number of aryl methyl sites for hydroxylation is 1. The van der Waals surface area contributed by atoms with E-state index in [1.54, 1.807) is 0 Å². The summed E-state index contributed by atoms with van der Waals surface area (Å²) >= 11 is 1.43. The monoisotopic (exact) mass is 452 g/mol. The number of carbonyl (C=O) groups excluding carboxylic acids is 1. The topological polar surface area (TPSA) is 87.3 Å². The molecular formula is C24H28N4O3S. The van der Waals surface area contributed by atoms with Crippen molar-refractivity contribution in [2.24, 2.45) is 5.92 Å². The molecule has 2 saturated heterocycles. The highest BCUT2D eigenvalue weighted by Gasteiger charge is 2.27. The highest BCUT2D eigenvalue weighted by molar-refractivity contribution is 7.17. The second-order valence-corrected chi connectivity index (χ2v) is 9.61. The molecule has 1 atom stereocenters. The Kier molecular flexibility index (Phi) is 5.97. The van der Waals surface area contributed by atoms with Gasteiger partial charge in [-0.05, 0) is 38.2 Å². The van der Waals surface area contributed by atoms with E-state index < -0.39 is 0 Å². The molecule has 0 aliphatic carbocycles. The summed E-state index contributed by atoms with van der Waals surface area (Å²) in [5.41, 5.74) is 3.87. The van der Waals surface area contributed by atoms with Crippen LogP contribution in [0.4, 0.5) is 5.95 Å². The van der Waals surface area contributed by atoms with E-state index in [-0.39, 0.29) is 23.5 Å². The quantitative estimate of drug-likeness (QED) is 0.619. The number of rotatable bonds is 5. The van der Waals surface area contributed by atoms with Gasteiger partial charge >= 0.3 is 0 Å². The van der Waals surface area contributed by atoms with E-state index in [9.17, 15) is 9.59 Å². The van der Waals surface area contributed by atoms with Crippen LogP contribution in [0.2, 0.25) is 0 Å². The molecule has 1 aromatic carbocycles. The number of benzene rings is 1. The van der Waals surface area contributed by atoms with Crippen molar-refractivity contribution in [3.8, 4) is 11.1 Å². The number of anilines is 1. The Morgan fingerprint density at radius 1 is 1.31 bits per heavy atom. The summed E-state index contributed by atoms with van der Waals surface area (Å²) < 4.78 is 6.24. The molecule has 8 heteroatoms. The maximum Gasteiger partial charge on any atom is 0.270 e. The summed E-state index contributed by atoms with van der Waals surface area (Å²) in [6.07, 6.45) is 3.74. The number of amides is 1. The summed E-state index contributed by atoms with van der Waals surface area (Å²) in [6, 6.07) is 8.25. The van der Waals surface area contributed by atoms with Crippen molar-refractivity contribution in [3.05, 3.63) is 45.6 Å². The molecule has 32 heavy (non-hydrogen) atoms. The second-order valence-electron chi connectivity index (χ2n) is 8.73. The fourth-order valence-electron chi connectivity index (χ4n) is 4.60. The molecule has 0 bridgehead atoms. The first-order valence-corrected chi connectivity index (χ1v) is 12.2. The van der Waals surface area contributed by atoms with Crippen LogP contribution in [0.25, 0.3) is 21.3 Å². The number of thiophene rings is 1. The molecule has 2 aromatic heterocycles. The number of carbonyl (C=O) groups is 1. The van der Waals surface area contributed by atoms with Crippen LogP contribution in [0, 0.1) is 12.8 Å². The Bertz CT molecular complexity index is 1170. The van der Waals surface area contributed by atoms with E-state index in [0.717, 1.165) is 48.9 Å². The van der Waals surface area contributed by atoms with Crippen LogP contribution < -0.4 is 15.8 Å². The van der Waals surface area contributed by atoms with E-state index in [4.69, 9.17) is 9.72 Å². The van der Waals surface area contributed by atoms with E-state index in [1.807, 2.05) is 11.4 Å². The number of aromatic nitrogens is 2. The molecule has 1 unspecified atom stereocenters. The van der Waals surface area contributed by atoms with Gasteiger partial charge in [0, 0.05) is 43.1 Å². The summed E-state index contributed by atoms with van der Waals surface area (Å²) in [5.74, 6) is 0.691. The molecule has 2 aliphatic rings. The van der Waals surface area contributed by atoms with E-state index in [1.165, 1.54) is 16.9 Å². The summed E-state index contributed by atoms with van der Waals surface area (Å²) in [7, 11) is 0. The molecule has 3 aromatic rings. The number of nitrogens with zero attached hydrogens (tertiary/aromatic N) is 2. The van der Waals surface area contributed by atoms with Crippen LogP contribution in [0.1, 0.15) is 31.2 Å². The minimum atomic E-state index is -0.106. The molecule has 7 nitrogen and oxygen atoms in total. The van der Waals surface area contributed by atoms with Crippen LogP contribution in [-0.2, 0) is 9.53 Å². The fourth-order valence-corrected chi connectivity index (χ4v) is 5.51. The maximum absolute atomic E-state index is 12.7. The van der Waals surface area contributed by atoms with Gasteiger partial charge in [-0.15, -0.1) is 11.3 Å². The lowest BCUT2D eigenvalue weighted by Crippen LogP contribution is -2.43. The number of aromatic amines is 1. The number of piperidine rings is 1. The van der Waals surface area contributed by atoms with Crippen LogP contribution in [-0.4, -0.2) is 48.2 Å². The first kappa shape index (κ1) is 21.2. The van der Waals surface area contributed by atoms with Gasteiger partial charge in [-0.2, -0.15) is 0 Å². The molecule has 0 spiro atoms. The van der Waals surface area contributed by atoms with Gasteiger partial charge in [0.1, 0.15) is 4.70 Å². The van der Waals surface area contributed by atoms with Crippen molar-refractivity contribution in [3.63, 3.8) is 0 Å². The van der Waals surface area contributed by atoms with Crippen LogP contribution in [0.3, 0.4) is 0 Å². The third-order valence-electron chi connectivity index (χ3n) is 6.44. The number of hydrogen-bond acceptors (Lipinski definition) is 6. The highest BCUT2D eigenvalue weighted by Crippen LogP contribution is 2.32. The van der Waals surface area contributed by atoms with Crippen molar-refractivity contribution < 1.29 is 9.53 Å². The van der Waals surface area contributed by atoms with Crippen molar-refractivity contribution in [1.82, 2.24) is 15.3 Å². The molecule has 0 radical (unpaired) electrons. The van der Waals surface area contributed by atoms with Crippen LogP contribution >= 0.6 is 11.3 Å². The number of hydrogen-bond donors (Lipinski definition) is 2. The van der Waals surface area contributed by atoms with Gasteiger partial charge in [-0.3, -0.25) is 14.6 Å². The average molecular weight is 453 g/mol. The lowest BCUT2D eigenvalue weighted by Gasteiger charge is -2.31. The first-order chi connectivity index (χ1) is 15.6. The number of H-pyrrole nitrogens is 1. The van der Waals surface area contributed by atoms with Crippen LogP contribution in [0.5, 0.6) is 0 Å². The predicted octanol–water partition coefficient (Wildman–Crippen LogP) is 3.47. The van der Waals surface area contributed by atoms with Gasteiger partial charge in [-0.1, -0.05) is 29.8 Å². The van der Waals surface area contributed by atoms with Crippen molar-refractivity contribution in [1.29, 1.82) is 0 Å². The Morgan fingerprint density at radius 2 is 2.16 bits per heavy atom. The lowest BCUT2D eigenvalue weighted by atomic mass is 9.96. The molecule has 4 heterocycles. The van der Waals surface area contributed by atoms with E-state index in [2.05, 4.69) is 40.3 Å². The molecule has 5 rings (SSSR count). The van der Waals surface area contributed by atoms with Crippen molar-refractivity contribution in [2.45, 2.75) is 38.7 Å². The molecular weight excluding hydrogens is 424 g/mol. The summed E-state index contributed by atoms with van der Waals surface area (Å²) in [5, 5.41) is 5.06. The van der Waals surface area contributed by atoms with Gasteiger partial charge in [0.25, 0.3) is 5.56 Å². The molecule has 2 N–H and O–H groups in total. The predicted molar refractivity (Wildman–Crippen MR) is 127 cm³/mol. The minimum absolute atomic E-state index is 0.00731. The van der Waals surface area contributed by atoms with E-state index >= 15 is 0 Å². The largest absolute Gasteiger partial charge is 0.376 e. The van der Waals surface area contributed by atoms with Gasteiger partial charge in [0.2, 0.25) is 11.9 Å². The zero-order valence-electron chi connectivity index (χ0n) is 18.2. The lowest BCUT2D eigenvalue weighted by molar-refractivity contribution is -0.126. The Morgan fingerprint density at radius 3 is 2.91 bits per heavy atom. The first-order valence-electron chi connectivity index (χ1n) is 11.3. The maximum atomic E-state index is 12.7. The smallest absolute Gasteiger partial charge is 0.270 e. The molecule has 0 saturated carbocycles. The molecule has 2 fully saturated rings. The van der Waals surface area contributed by atoms with Gasteiger partial charge in [0.05, 0.1) is 11.6 Å². The number of nitrogens with one attached hydrogen (secondary N) is 2. The van der Waals surface area contributed by atoms with Gasteiger partial charge in [-0.25, -0.2) is 4.98 Å². The Labute approximate surface area is 190 Å². The molecule has 1 amide bonds. The van der Waals surface area contributed by atoms with Crippen LogP contribution in [0.15, 0.2) is 34.4 Å². The minimum Gasteiger partial charge on any atom is -0.376 e. The van der Waals surface area contributed by atoms with Gasteiger partial charge in [0.15, 0.2) is 0 Å². The van der Waals surface area contributed by atoms with Crippen molar-refractivity contribution >= 4 is 33.4 Å². The normalized spacial score (nSPS) is 19.5. The third kappa shape index (κ3) is 4.29. The zero-order valence-corrected chi connectivity index (χ0v) is 19.0. The standard InChI is InChI=1S/C24H28N4O3S/c1-15-4-2-5-17(12-15)19-14-32-21-20(19)26-24(27-23(21)30)28-9-7-16(8-10-28)22(29)25-13-18-6-3-11-31-18/h2,4-5,12,14,16,18H,3,6-11,13H2,1H3,(H,25,29)(H,26,27,30). The Balaban J connectivity index is 1.29. The highest BCUT2D eigenvalue weighted by atomic mass is 32.1. The molecule has 168 valence electrons. The Hall–Kier alpha value is -2.71. The summed E-state index contributed by atoms with van der Waals surface area (Å²) in [4.78, 5) is 35.2. The fraction of sp³-hybridized carbons (Fsp3) is 0.458. The number of fused-ring (bicyclic) bond motifs is 1. The van der Waals surface area contributed by atoms with E-state index in [0.29, 0.717) is 30.3 Å².